The first-order chi connectivity index (χ1) is 20.7. The van der Waals surface area contributed by atoms with Crippen molar-refractivity contribution in [3.63, 3.8) is 0 Å². The lowest BCUT2D eigenvalue weighted by atomic mass is 10.0. The van der Waals surface area contributed by atoms with Gasteiger partial charge in [-0.2, -0.15) is 0 Å². The number of carbonyl (C=O) groups excluding carboxylic acids is 3. The summed E-state index contributed by atoms with van der Waals surface area (Å²) in [6.07, 6.45) is 0. The highest BCUT2D eigenvalue weighted by Crippen LogP contribution is 2.30. The maximum atomic E-state index is 13.3. The Bertz CT molecular complexity index is 1670. The van der Waals surface area contributed by atoms with Crippen LogP contribution in [0.25, 0.3) is 5.69 Å². The van der Waals surface area contributed by atoms with Crippen LogP contribution in [-0.2, 0) is 4.79 Å². The van der Waals surface area contributed by atoms with Crippen LogP contribution in [0.5, 0.6) is 17.2 Å². The molecule has 12 heteroatoms. The first-order valence-electron chi connectivity index (χ1n) is 13.6. The van der Waals surface area contributed by atoms with Crippen molar-refractivity contribution in [3.8, 4) is 22.9 Å². The van der Waals surface area contributed by atoms with E-state index in [0.29, 0.717) is 54.6 Å². The number of hydrogen-bond donors (Lipinski definition) is 2. The number of hydrogen-bond acceptors (Lipinski definition) is 9. The van der Waals surface area contributed by atoms with Gasteiger partial charge in [0.05, 0.1) is 25.6 Å². The van der Waals surface area contributed by atoms with Gasteiger partial charge in [-0.3, -0.25) is 14.4 Å². The molecule has 2 amide bonds. The summed E-state index contributed by atoms with van der Waals surface area (Å²) in [5.74, 6) is 0.0683. The van der Waals surface area contributed by atoms with Gasteiger partial charge in [0.1, 0.15) is 22.9 Å². The largest absolute Gasteiger partial charge is 0.506 e. The summed E-state index contributed by atoms with van der Waals surface area (Å²) in [6.45, 7) is 6.00. The van der Waals surface area contributed by atoms with Crippen molar-refractivity contribution in [3.05, 3.63) is 83.2 Å². The molecule has 1 fully saturated rings. The molecule has 3 aromatic carbocycles. The predicted molar refractivity (Wildman–Crippen MR) is 160 cm³/mol. The van der Waals surface area contributed by atoms with Gasteiger partial charge in [0, 0.05) is 56.0 Å². The summed E-state index contributed by atoms with van der Waals surface area (Å²) in [4.78, 5) is 42.1. The van der Waals surface area contributed by atoms with Crippen LogP contribution >= 0.6 is 0 Å². The van der Waals surface area contributed by atoms with E-state index in [-0.39, 0.29) is 34.4 Å². The highest BCUT2D eigenvalue weighted by atomic mass is 16.5. The number of nitrogens with one attached hydrogen (secondary N) is 1. The second-order valence-corrected chi connectivity index (χ2v) is 10.0. The number of methoxy groups -OCH3 is 2. The third-order valence-corrected chi connectivity index (χ3v) is 7.45. The molecule has 5 rings (SSSR count). The number of rotatable bonds is 8. The van der Waals surface area contributed by atoms with E-state index in [0.717, 1.165) is 5.69 Å². The van der Waals surface area contributed by atoms with Crippen molar-refractivity contribution in [2.45, 2.75) is 13.8 Å². The average molecular weight is 585 g/mol. The molecule has 1 aliphatic heterocycles. The molecule has 0 saturated carbocycles. The predicted octanol–water partition coefficient (Wildman–Crippen LogP) is 3.45. The highest BCUT2D eigenvalue weighted by molar-refractivity contribution is 6.11. The molecule has 12 nitrogen and oxygen atoms in total. The van der Waals surface area contributed by atoms with Gasteiger partial charge in [0.15, 0.2) is 11.5 Å². The van der Waals surface area contributed by atoms with Crippen molar-refractivity contribution >= 4 is 29.0 Å². The van der Waals surface area contributed by atoms with Crippen molar-refractivity contribution in [2.75, 3.05) is 50.6 Å². The lowest BCUT2D eigenvalue weighted by molar-refractivity contribution is -0.129. The number of phenolic OH excluding ortho intramolecular Hbond substituents is 1. The van der Waals surface area contributed by atoms with Crippen LogP contribution in [0.4, 0.5) is 11.4 Å². The third-order valence-electron chi connectivity index (χ3n) is 7.45. The fourth-order valence-corrected chi connectivity index (χ4v) is 4.96. The van der Waals surface area contributed by atoms with E-state index < -0.39 is 5.91 Å². The molecular weight excluding hydrogens is 552 g/mol. The lowest BCUT2D eigenvalue weighted by Crippen LogP contribution is -2.48. The fraction of sp³-hybridized carbons (Fsp3) is 0.258. The number of aromatic nitrogens is 3. The van der Waals surface area contributed by atoms with E-state index in [9.17, 15) is 19.5 Å². The molecule has 0 radical (unpaired) electrons. The Labute approximate surface area is 248 Å². The van der Waals surface area contributed by atoms with E-state index in [4.69, 9.17) is 9.47 Å². The van der Waals surface area contributed by atoms with Gasteiger partial charge in [-0.15, -0.1) is 5.10 Å². The van der Waals surface area contributed by atoms with Gasteiger partial charge in [-0.1, -0.05) is 5.21 Å². The number of ether oxygens (including phenoxy) is 2. The van der Waals surface area contributed by atoms with Gasteiger partial charge in [0.25, 0.3) is 5.91 Å². The first-order valence-corrected chi connectivity index (χ1v) is 13.6. The molecule has 0 atom stereocenters. The second kappa shape index (κ2) is 12.2. The smallest absolute Gasteiger partial charge is 0.278 e. The normalized spacial score (nSPS) is 13.0. The molecule has 2 heterocycles. The highest BCUT2D eigenvalue weighted by Gasteiger charge is 2.22. The number of benzene rings is 3. The first kappa shape index (κ1) is 29.1. The molecule has 43 heavy (non-hydrogen) atoms. The topological polar surface area (TPSA) is 139 Å². The zero-order valence-corrected chi connectivity index (χ0v) is 24.3. The maximum absolute atomic E-state index is 13.3. The van der Waals surface area contributed by atoms with Crippen molar-refractivity contribution < 1.29 is 29.0 Å². The van der Waals surface area contributed by atoms with E-state index in [1.165, 1.54) is 30.0 Å². The van der Waals surface area contributed by atoms with Crippen LogP contribution in [0.2, 0.25) is 0 Å². The molecule has 222 valence electrons. The van der Waals surface area contributed by atoms with Gasteiger partial charge in [-0.25, -0.2) is 4.68 Å². The Morgan fingerprint density at radius 3 is 2.23 bits per heavy atom. The van der Waals surface area contributed by atoms with Crippen molar-refractivity contribution in [1.82, 2.24) is 19.9 Å². The molecule has 0 unspecified atom stereocenters. The quantitative estimate of drug-likeness (QED) is 0.235. The van der Waals surface area contributed by atoms with E-state index in [1.807, 2.05) is 17.0 Å². The minimum absolute atomic E-state index is 0.0285. The van der Waals surface area contributed by atoms with E-state index >= 15 is 0 Å². The summed E-state index contributed by atoms with van der Waals surface area (Å²) < 4.78 is 12.2. The number of aromatic hydroxyl groups is 1. The Balaban J connectivity index is 1.31. The summed E-state index contributed by atoms with van der Waals surface area (Å²) in [7, 11) is 3.06. The Morgan fingerprint density at radius 1 is 0.884 bits per heavy atom. The van der Waals surface area contributed by atoms with Gasteiger partial charge < -0.3 is 29.7 Å². The molecule has 0 aliphatic carbocycles. The monoisotopic (exact) mass is 584 g/mol. The number of amides is 2. The molecule has 0 spiro atoms. The van der Waals surface area contributed by atoms with Crippen LogP contribution in [-0.4, -0.2) is 83.0 Å². The van der Waals surface area contributed by atoms with Crippen molar-refractivity contribution in [2.24, 2.45) is 0 Å². The summed E-state index contributed by atoms with van der Waals surface area (Å²) in [5.41, 5.74) is 2.76. The van der Waals surface area contributed by atoms with Crippen LogP contribution in [0, 0.1) is 6.92 Å². The van der Waals surface area contributed by atoms with Crippen LogP contribution < -0.4 is 19.7 Å². The van der Waals surface area contributed by atoms with E-state index in [2.05, 4.69) is 20.5 Å². The number of anilines is 2. The van der Waals surface area contributed by atoms with Crippen LogP contribution in [0.15, 0.2) is 60.7 Å². The van der Waals surface area contributed by atoms with Gasteiger partial charge >= 0.3 is 0 Å². The molecule has 4 aromatic rings. The number of piperazine rings is 1. The minimum Gasteiger partial charge on any atom is -0.506 e. The molecule has 1 aromatic heterocycles. The Kier molecular flexibility index (Phi) is 8.28. The van der Waals surface area contributed by atoms with E-state index in [1.54, 1.807) is 51.3 Å². The molecule has 2 N–H and O–H groups in total. The molecule has 1 aliphatic rings. The number of nitrogens with zero attached hydrogens (tertiary/aromatic N) is 5. The molecule has 1 saturated heterocycles. The molecular formula is C31H32N6O6. The van der Waals surface area contributed by atoms with Crippen LogP contribution in [0.3, 0.4) is 0 Å². The van der Waals surface area contributed by atoms with Gasteiger partial charge in [-0.05, 0) is 61.5 Å². The zero-order chi connectivity index (χ0) is 30.7. The molecule has 0 bridgehead atoms. The minimum atomic E-state index is -0.611. The SMILES string of the molecule is COc1ccc(OC)c(-n2nnc(C(=O)Nc3cc(C(=O)c4ccc(N5CCN(C(C)=O)CC5)cc4)ccc3O)c2C)c1. The summed E-state index contributed by atoms with van der Waals surface area (Å²) in [6, 6.07) is 16.7. The van der Waals surface area contributed by atoms with Gasteiger partial charge in [0.2, 0.25) is 5.91 Å². The summed E-state index contributed by atoms with van der Waals surface area (Å²) in [5, 5.41) is 21.3. The zero-order valence-electron chi connectivity index (χ0n) is 24.3. The second-order valence-electron chi connectivity index (χ2n) is 10.0. The number of phenols is 1. The lowest BCUT2D eigenvalue weighted by Gasteiger charge is -2.35. The standard InChI is InChI=1S/C31H32N6O6/c1-19-29(33-34-37(19)26-18-24(42-3)10-12-28(26)43-4)31(41)32-25-17-22(7-11-27(25)39)30(40)21-5-8-23(9-6-21)36-15-13-35(14-16-36)20(2)38/h5-12,17-18,39H,13-16H2,1-4H3,(H,32,41). The Morgan fingerprint density at radius 2 is 1.58 bits per heavy atom. The van der Waals surface area contributed by atoms with Crippen molar-refractivity contribution in [1.29, 1.82) is 0 Å². The maximum Gasteiger partial charge on any atom is 0.278 e. The fourth-order valence-electron chi connectivity index (χ4n) is 4.96. The Hall–Kier alpha value is -5.39. The van der Waals surface area contributed by atoms with Crippen LogP contribution in [0.1, 0.15) is 39.0 Å². The summed E-state index contributed by atoms with van der Waals surface area (Å²) >= 11 is 0. The number of carbonyl (C=O) groups is 3. The number of ketones is 1. The third kappa shape index (κ3) is 5.98. The average Bonchev–Trinajstić information content (AvgIpc) is 3.42.